The predicted octanol–water partition coefficient (Wildman–Crippen LogP) is 6.45. The molecule has 0 atom stereocenters. The number of hydrogen-bond acceptors (Lipinski definition) is 2. The zero-order valence-corrected chi connectivity index (χ0v) is 18.5. The van der Waals surface area contributed by atoms with Crippen LogP contribution in [0.2, 0.25) is 0 Å². The summed E-state index contributed by atoms with van der Waals surface area (Å²) in [6, 6.07) is 9.37. The lowest BCUT2D eigenvalue weighted by Crippen LogP contribution is -2.05. The Morgan fingerprint density at radius 1 is 0.464 bits per heavy atom. The first-order chi connectivity index (χ1) is 13.5. The van der Waals surface area contributed by atoms with E-state index in [1.165, 1.54) is 33.4 Å². The van der Waals surface area contributed by atoms with Crippen molar-refractivity contribution >= 4 is 11.4 Å². The third-order valence-electron chi connectivity index (χ3n) is 5.60. The summed E-state index contributed by atoms with van der Waals surface area (Å²) >= 11 is 0. The number of aryl methyl sites for hydroxylation is 6. The van der Waals surface area contributed by atoms with Crippen LogP contribution in [0.4, 0.5) is 11.4 Å². The first kappa shape index (κ1) is 22.3. The van der Waals surface area contributed by atoms with E-state index in [1.54, 1.807) is 0 Å². The second-order valence-electron chi connectivity index (χ2n) is 8.16. The summed E-state index contributed by atoms with van der Waals surface area (Å²) in [6.07, 6.45) is 11.0. The molecule has 0 unspecified atom stereocenters. The molecule has 0 amide bonds. The Morgan fingerprint density at radius 2 is 0.714 bits per heavy atom. The molecule has 0 saturated heterocycles. The van der Waals surface area contributed by atoms with Crippen LogP contribution in [0.25, 0.3) is 0 Å². The molecule has 0 bridgehead atoms. The maximum atomic E-state index is 6.44. The van der Waals surface area contributed by atoms with Gasteiger partial charge in [0.2, 0.25) is 0 Å². The van der Waals surface area contributed by atoms with Crippen LogP contribution in [0.3, 0.4) is 0 Å². The van der Waals surface area contributed by atoms with Crippen molar-refractivity contribution in [1.29, 1.82) is 0 Å². The molecule has 154 valence electrons. The fourth-order valence-corrected chi connectivity index (χ4v) is 4.18. The minimum absolute atomic E-state index is 1.02. The zero-order valence-electron chi connectivity index (χ0n) is 18.5. The van der Waals surface area contributed by atoms with E-state index in [9.17, 15) is 0 Å². The molecule has 28 heavy (non-hydrogen) atoms. The van der Waals surface area contributed by atoms with Gasteiger partial charge in [-0.25, -0.2) is 0 Å². The Morgan fingerprint density at radius 3 is 0.929 bits per heavy atom. The Labute approximate surface area is 172 Å². The summed E-state index contributed by atoms with van der Waals surface area (Å²) in [4.78, 5) is 0. The molecule has 0 aliphatic rings. The summed E-state index contributed by atoms with van der Waals surface area (Å²) in [6.45, 7) is 8.91. The molecular formula is C26H40N2. The molecule has 0 aliphatic carbocycles. The lowest BCUT2D eigenvalue weighted by Gasteiger charge is -2.16. The smallest absolute Gasteiger partial charge is 0.0379 e. The maximum absolute atomic E-state index is 6.44. The van der Waals surface area contributed by atoms with Gasteiger partial charge in [0.15, 0.2) is 0 Å². The van der Waals surface area contributed by atoms with Crippen molar-refractivity contribution in [2.75, 3.05) is 11.5 Å². The Balaban J connectivity index is 2.27. The second kappa shape index (κ2) is 11.1. The van der Waals surface area contributed by atoms with Gasteiger partial charge in [0.1, 0.15) is 0 Å². The lowest BCUT2D eigenvalue weighted by molar-refractivity contribution is 0.872. The molecular weight excluding hydrogens is 340 g/mol. The fraction of sp³-hybridized carbons (Fsp3) is 0.538. The van der Waals surface area contributed by atoms with E-state index in [-0.39, 0.29) is 0 Å². The summed E-state index contributed by atoms with van der Waals surface area (Å²) in [5, 5.41) is 0. The third kappa shape index (κ3) is 5.77. The second-order valence-corrected chi connectivity index (χ2v) is 8.16. The first-order valence-electron chi connectivity index (χ1n) is 11.3. The third-order valence-corrected chi connectivity index (χ3v) is 5.60. The molecule has 4 N–H and O–H groups in total. The number of nitrogens with two attached hydrogens (primary N) is 2. The van der Waals surface area contributed by atoms with Crippen molar-refractivity contribution in [3.8, 4) is 0 Å². The van der Waals surface area contributed by atoms with Gasteiger partial charge in [0.05, 0.1) is 0 Å². The Hall–Kier alpha value is -1.96. The molecule has 2 aromatic rings. The van der Waals surface area contributed by atoms with E-state index in [1.807, 2.05) is 0 Å². The number of anilines is 2. The molecule has 2 nitrogen and oxygen atoms in total. The molecule has 0 radical (unpaired) electrons. The van der Waals surface area contributed by atoms with E-state index in [0.717, 1.165) is 75.6 Å². The molecule has 2 aromatic carbocycles. The van der Waals surface area contributed by atoms with Crippen molar-refractivity contribution in [3.05, 3.63) is 57.6 Å². The van der Waals surface area contributed by atoms with Gasteiger partial charge in [-0.3, -0.25) is 0 Å². The molecule has 0 aliphatic heterocycles. The maximum Gasteiger partial charge on any atom is 0.0379 e. The van der Waals surface area contributed by atoms with Crippen molar-refractivity contribution in [2.45, 2.75) is 91.9 Å². The highest BCUT2D eigenvalue weighted by Crippen LogP contribution is 2.26. The SMILES string of the molecule is CCCc1cc(CCc2cc(CCC)c(N)c(CCC)c2)cc(CCC)c1N. The predicted molar refractivity (Wildman–Crippen MR) is 125 cm³/mol. The quantitative estimate of drug-likeness (QED) is 0.440. The van der Waals surface area contributed by atoms with Gasteiger partial charge in [-0.05, 0) is 71.9 Å². The van der Waals surface area contributed by atoms with Gasteiger partial charge in [-0.2, -0.15) is 0 Å². The van der Waals surface area contributed by atoms with Crippen LogP contribution in [0.5, 0.6) is 0 Å². The van der Waals surface area contributed by atoms with E-state index >= 15 is 0 Å². The van der Waals surface area contributed by atoms with Crippen LogP contribution >= 0.6 is 0 Å². The average molecular weight is 381 g/mol. The molecule has 0 aromatic heterocycles. The van der Waals surface area contributed by atoms with E-state index in [2.05, 4.69) is 52.0 Å². The zero-order chi connectivity index (χ0) is 20.5. The summed E-state index contributed by atoms with van der Waals surface area (Å²) in [7, 11) is 0. The number of benzene rings is 2. The summed E-state index contributed by atoms with van der Waals surface area (Å²) in [5.74, 6) is 0. The van der Waals surface area contributed by atoms with Crippen molar-refractivity contribution in [3.63, 3.8) is 0 Å². The van der Waals surface area contributed by atoms with Crippen LogP contribution < -0.4 is 11.5 Å². The minimum Gasteiger partial charge on any atom is -0.398 e. The van der Waals surface area contributed by atoms with Crippen molar-refractivity contribution < 1.29 is 0 Å². The largest absolute Gasteiger partial charge is 0.398 e. The van der Waals surface area contributed by atoms with E-state index < -0.39 is 0 Å². The Bertz CT molecular complexity index is 642. The number of hydrogen-bond donors (Lipinski definition) is 2. The van der Waals surface area contributed by atoms with Crippen LogP contribution in [0.1, 0.15) is 86.8 Å². The van der Waals surface area contributed by atoms with Gasteiger partial charge >= 0.3 is 0 Å². The monoisotopic (exact) mass is 380 g/mol. The van der Waals surface area contributed by atoms with Crippen molar-refractivity contribution in [2.24, 2.45) is 0 Å². The lowest BCUT2D eigenvalue weighted by atomic mass is 9.92. The highest BCUT2D eigenvalue weighted by atomic mass is 14.6. The van der Waals surface area contributed by atoms with E-state index in [4.69, 9.17) is 11.5 Å². The summed E-state index contributed by atoms with van der Waals surface area (Å²) < 4.78 is 0. The standard InChI is InChI=1S/C26H40N2/c1-5-9-21-15-19(16-22(10-6-2)25(21)27)13-14-20-17-23(11-7-3)26(28)24(18-20)12-8-4/h15-18H,5-14,27-28H2,1-4H3. The molecule has 0 spiro atoms. The van der Waals surface area contributed by atoms with Gasteiger partial charge in [0.25, 0.3) is 0 Å². The van der Waals surface area contributed by atoms with Crippen LogP contribution in [0, 0.1) is 0 Å². The van der Waals surface area contributed by atoms with Crippen LogP contribution in [-0.2, 0) is 38.5 Å². The highest BCUT2D eigenvalue weighted by Gasteiger charge is 2.10. The van der Waals surface area contributed by atoms with Gasteiger partial charge in [-0.1, -0.05) is 77.6 Å². The van der Waals surface area contributed by atoms with E-state index in [0.29, 0.717) is 0 Å². The number of nitrogen functional groups attached to an aromatic ring is 2. The molecule has 0 fully saturated rings. The summed E-state index contributed by atoms with van der Waals surface area (Å²) in [5.41, 5.74) is 23.1. The number of rotatable bonds is 11. The first-order valence-corrected chi connectivity index (χ1v) is 11.3. The fourth-order valence-electron chi connectivity index (χ4n) is 4.18. The normalized spacial score (nSPS) is 11.1. The van der Waals surface area contributed by atoms with Gasteiger partial charge in [0, 0.05) is 11.4 Å². The van der Waals surface area contributed by atoms with Crippen LogP contribution in [-0.4, -0.2) is 0 Å². The molecule has 2 heteroatoms. The Kier molecular flexibility index (Phi) is 8.89. The topological polar surface area (TPSA) is 52.0 Å². The van der Waals surface area contributed by atoms with Crippen LogP contribution in [0.15, 0.2) is 24.3 Å². The molecule has 2 rings (SSSR count). The van der Waals surface area contributed by atoms with Crippen molar-refractivity contribution in [1.82, 2.24) is 0 Å². The average Bonchev–Trinajstić information content (AvgIpc) is 2.67. The van der Waals surface area contributed by atoms with Gasteiger partial charge < -0.3 is 11.5 Å². The highest BCUT2D eigenvalue weighted by molar-refractivity contribution is 5.57. The molecule has 0 saturated carbocycles. The van der Waals surface area contributed by atoms with Gasteiger partial charge in [-0.15, -0.1) is 0 Å². The minimum atomic E-state index is 1.02. The molecule has 0 heterocycles.